The lowest BCUT2D eigenvalue weighted by Gasteiger charge is -2.24. The molecule has 3 atom stereocenters. The number of halogens is 2. The maximum Gasteiger partial charge on any atom is 0.349 e. The molecule has 0 aliphatic carbocycles. The zero-order chi connectivity index (χ0) is 21.3. The van der Waals surface area contributed by atoms with Crippen LogP contribution in [0, 0.1) is 11.3 Å². The molecular formula is C15H14ClFN6O6. The van der Waals surface area contributed by atoms with Crippen molar-refractivity contribution in [1.29, 1.82) is 5.26 Å². The van der Waals surface area contributed by atoms with E-state index in [2.05, 4.69) is 15.0 Å². The predicted octanol–water partition coefficient (Wildman–Crippen LogP) is 0.526. The number of anilines is 1. The summed E-state index contributed by atoms with van der Waals surface area (Å²) in [5, 5.41) is 27.0. The maximum atomic E-state index is 14.6. The first kappa shape index (κ1) is 20.6. The average Bonchev–Trinajstić information content (AvgIpc) is 3.21. The largest absolute Gasteiger partial charge is 0.479 e. The van der Waals surface area contributed by atoms with Crippen LogP contribution < -0.4 is 5.73 Å². The van der Waals surface area contributed by atoms with Crippen molar-refractivity contribution in [3.63, 3.8) is 0 Å². The van der Waals surface area contributed by atoms with Gasteiger partial charge < -0.3 is 25.4 Å². The molecular weight excluding hydrogens is 415 g/mol. The Labute approximate surface area is 166 Å². The molecule has 3 heterocycles. The molecule has 154 valence electrons. The number of hydrogen-bond acceptors (Lipinski definition) is 9. The highest BCUT2D eigenvalue weighted by atomic mass is 35.5. The van der Waals surface area contributed by atoms with E-state index < -0.39 is 49.1 Å². The Balaban J connectivity index is 1.79. The van der Waals surface area contributed by atoms with Crippen molar-refractivity contribution in [2.75, 3.05) is 12.3 Å². The fourth-order valence-electron chi connectivity index (χ4n) is 2.91. The van der Waals surface area contributed by atoms with Crippen molar-refractivity contribution in [3.8, 4) is 6.07 Å². The van der Waals surface area contributed by atoms with Crippen LogP contribution in [0.2, 0.25) is 5.28 Å². The van der Waals surface area contributed by atoms with Gasteiger partial charge in [0.05, 0.1) is 31.5 Å². The van der Waals surface area contributed by atoms with E-state index >= 15 is 0 Å². The van der Waals surface area contributed by atoms with Gasteiger partial charge in [-0.05, 0) is 11.6 Å². The normalized spacial score (nSPS) is 21.9. The molecule has 0 spiro atoms. The lowest BCUT2D eigenvalue weighted by molar-refractivity contribution is -0.187. The van der Waals surface area contributed by atoms with Gasteiger partial charge in [0.25, 0.3) is 5.60 Å². The number of imidazole rings is 1. The zero-order valence-electron chi connectivity index (χ0n) is 14.5. The van der Waals surface area contributed by atoms with E-state index in [0.717, 1.165) is 0 Å². The lowest BCUT2D eigenvalue weighted by Crippen LogP contribution is -2.50. The quantitative estimate of drug-likeness (QED) is 0.412. The van der Waals surface area contributed by atoms with Crippen molar-refractivity contribution >= 4 is 40.5 Å². The monoisotopic (exact) mass is 428 g/mol. The minimum Gasteiger partial charge on any atom is -0.479 e. The number of fused-ring (bicyclic) bond motifs is 1. The fourth-order valence-corrected chi connectivity index (χ4v) is 3.08. The lowest BCUT2D eigenvalue weighted by atomic mass is 10.0. The van der Waals surface area contributed by atoms with Gasteiger partial charge in [-0.2, -0.15) is 15.2 Å². The number of carboxylic acids is 2. The molecule has 0 aromatic carbocycles. The molecule has 2 aromatic rings. The van der Waals surface area contributed by atoms with Crippen molar-refractivity contribution in [2.24, 2.45) is 0 Å². The summed E-state index contributed by atoms with van der Waals surface area (Å²) in [6, 6.07) is 1.46. The standard InChI is InChI=1S/C15H14ClFN6O6/c16-14-21-9(19)8-10(22-14)23(5-20-8)11-7(17)3-6(29-11)4-28-15(1-2-18,12(24)25)13(26)27/h5-7,11H,1,3-4H2,(H,24,25)(H,26,27)(H2,19,21,22). The van der Waals surface area contributed by atoms with Crippen LogP contribution in [-0.2, 0) is 19.1 Å². The number of nitrogens with two attached hydrogens (primary N) is 1. The zero-order valence-corrected chi connectivity index (χ0v) is 15.3. The van der Waals surface area contributed by atoms with Crippen LogP contribution in [0.25, 0.3) is 11.2 Å². The molecule has 0 bridgehead atoms. The number of hydrogen-bond donors (Lipinski definition) is 3. The van der Waals surface area contributed by atoms with Crippen molar-refractivity contribution in [2.45, 2.75) is 36.9 Å². The molecule has 1 saturated heterocycles. The summed E-state index contributed by atoms with van der Waals surface area (Å²) in [4.78, 5) is 34.4. The number of nitrogen functional groups attached to an aromatic ring is 1. The molecule has 2 aromatic heterocycles. The Morgan fingerprint density at radius 2 is 2.17 bits per heavy atom. The number of carboxylic acid groups (broad SMARTS) is 2. The number of carbonyl (C=O) groups is 2. The molecule has 0 radical (unpaired) electrons. The van der Waals surface area contributed by atoms with Crippen molar-refractivity contribution in [1.82, 2.24) is 19.5 Å². The van der Waals surface area contributed by atoms with Crippen molar-refractivity contribution in [3.05, 3.63) is 11.6 Å². The molecule has 14 heteroatoms. The Bertz CT molecular complexity index is 995. The third kappa shape index (κ3) is 3.65. The molecule has 3 rings (SSSR count). The highest BCUT2D eigenvalue weighted by molar-refractivity contribution is 6.28. The third-order valence-electron chi connectivity index (χ3n) is 4.36. The summed E-state index contributed by atoms with van der Waals surface area (Å²) < 4.78 is 26.4. The SMILES string of the molecule is N#CCC(OCC1CC(F)C(n2cnc3c(N)nc(Cl)nc32)O1)(C(=O)O)C(=O)O. The van der Waals surface area contributed by atoms with E-state index in [1.54, 1.807) is 0 Å². The summed E-state index contributed by atoms with van der Waals surface area (Å²) in [5.74, 6) is -3.70. The molecule has 3 unspecified atom stereocenters. The summed E-state index contributed by atoms with van der Waals surface area (Å²) in [6.45, 7) is -0.568. The van der Waals surface area contributed by atoms with Gasteiger partial charge in [0.2, 0.25) is 5.28 Å². The van der Waals surface area contributed by atoms with Gasteiger partial charge in [-0.25, -0.2) is 19.0 Å². The molecule has 1 aliphatic heterocycles. The molecule has 12 nitrogen and oxygen atoms in total. The number of aromatic nitrogens is 4. The van der Waals surface area contributed by atoms with E-state index in [1.165, 1.54) is 17.0 Å². The fraction of sp³-hybridized carbons (Fsp3) is 0.467. The second-order valence-electron chi connectivity index (χ2n) is 6.19. The maximum absolute atomic E-state index is 14.6. The third-order valence-corrected chi connectivity index (χ3v) is 4.53. The summed E-state index contributed by atoms with van der Waals surface area (Å²) in [7, 11) is 0. The molecule has 0 saturated carbocycles. The van der Waals surface area contributed by atoms with E-state index in [-0.39, 0.29) is 28.7 Å². The van der Waals surface area contributed by atoms with Crippen molar-refractivity contribution < 1.29 is 33.7 Å². The Morgan fingerprint density at radius 3 is 2.79 bits per heavy atom. The van der Waals surface area contributed by atoms with E-state index in [1.807, 2.05) is 0 Å². The second kappa shape index (κ2) is 7.74. The summed E-state index contributed by atoms with van der Waals surface area (Å²) >= 11 is 5.78. The van der Waals surface area contributed by atoms with Crippen LogP contribution in [0.1, 0.15) is 19.1 Å². The Kier molecular flexibility index (Phi) is 5.51. The van der Waals surface area contributed by atoms with E-state index in [4.69, 9.17) is 32.1 Å². The first-order valence-electron chi connectivity index (χ1n) is 8.12. The smallest absolute Gasteiger partial charge is 0.349 e. The second-order valence-corrected chi connectivity index (χ2v) is 6.52. The van der Waals surface area contributed by atoms with Crippen LogP contribution in [0.5, 0.6) is 0 Å². The number of nitrogens with zero attached hydrogens (tertiary/aromatic N) is 5. The van der Waals surface area contributed by atoms with Crippen LogP contribution in [0.4, 0.5) is 10.2 Å². The van der Waals surface area contributed by atoms with Gasteiger partial charge in [0.1, 0.15) is 11.7 Å². The molecule has 29 heavy (non-hydrogen) atoms. The topological polar surface area (TPSA) is 186 Å². The highest BCUT2D eigenvalue weighted by Gasteiger charge is 2.50. The number of aliphatic carboxylic acids is 2. The number of rotatable bonds is 7. The molecule has 4 N–H and O–H groups in total. The Hall–Kier alpha value is -3.08. The molecule has 0 amide bonds. The predicted molar refractivity (Wildman–Crippen MR) is 92.4 cm³/mol. The Morgan fingerprint density at radius 1 is 1.48 bits per heavy atom. The summed E-state index contributed by atoms with van der Waals surface area (Å²) in [5.41, 5.74) is 3.25. The van der Waals surface area contributed by atoms with Gasteiger partial charge in [0.15, 0.2) is 17.7 Å². The van der Waals surface area contributed by atoms with Gasteiger partial charge >= 0.3 is 11.9 Å². The first-order valence-corrected chi connectivity index (χ1v) is 8.50. The molecule has 1 aliphatic rings. The molecule has 1 fully saturated rings. The van der Waals surface area contributed by atoms with Gasteiger partial charge in [-0.15, -0.1) is 0 Å². The van der Waals surface area contributed by atoms with Crippen LogP contribution >= 0.6 is 11.6 Å². The number of nitriles is 1. The minimum atomic E-state index is -2.78. The van der Waals surface area contributed by atoms with Gasteiger partial charge in [0, 0.05) is 6.42 Å². The highest BCUT2D eigenvalue weighted by Crippen LogP contribution is 2.35. The van der Waals surface area contributed by atoms with Crippen LogP contribution in [0.15, 0.2) is 6.33 Å². The van der Waals surface area contributed by atoms with Gasteiger partial charge in [-0.1, -0.05) is 0 Å². The first-order chi connectivity index (χ1) is 13.7. The number of alkyl halides is 1. The van der Waals surface area contributed by atoms with E-state index in [0.29, 0.717) is 0 Å². The summed E-state index contributed by atoms with van der Waals surface area (Å²) in [6.07, 6.45) is -3.69. The minimum absolute atomic E-state index is 0.00348. The van der Waals surface area contributed by atoms with Crippen LogP contribution in [-0.4, -0.2) is 66.2 Å². The van der Waals surface area contributed by atoms with E-state index in [9.17, 15) is 24.2 Å². The van der Waals surface area contributed by atoms with Gasteiger partial charge in [-0.3, -0.25) is 4.57 Å². The van der Waals surface area contributed by atoms with Crippen LogP contribution in [0.3, 0.4) is 0 Å². The number of ether oxygens (including phenoxy) is 2. The average molecular weight is 429 g/mol.